The molecule has 1 amide bonds. The number of anilines is 1. The zero-order valence-electron chi connectivity index (χ0n) is 20.6. The number of hydrogen-bond acceptors (Lipinski definition) is 9. The molecule has 3 aromatic heterocycles. The second-order valence-corrected chi connectivity index (χ2v) is 10.1. The van der Waals surface area contributed by atoms with Crippen LogP contribution in [0.1, 0.15) is 36.9 Å². The molecular weight excluding hydrogens is 518 g/mol. The lowest BCUT2D eigenvalue weighted by Gasteiger charge is -2.29. The van der Waals surface area contributed by atoms with Gasteiger partial charge in [-0.05, 0) is 47.9 Å². The molecule has 0 saturated heterocycles. The topological polar surface area (TPSA) is 149 Å². The number of carbonyl (C=O) groups excluding carboxylic acids is 1. The van der Waals surface area contributed by atoms with Crippen LogP contribution in [0, 0.1) is 0 Å². The summed E-state index contributed by atoms with van der Waals surface area (Å²) in [5.74, 6) is -0.905. The first kappa shape index (κ1) is 24.5. The number of fused-ring (bicyclic) bond motifs is 2. The highest BCUT2D eigenvalue weighted by Gasteiger charge is 2.26. The number of carboxylic acid groups (broad SMARTS) is 1. The molecule has 0 atom stereocenters. The molecule has 196 valence electrons. The maximum absolute atomic E-state index is 11.9. The van der Waals surface area contributed by atoms with Crippen molar-refractivity contribution in [2.45, 2.75) is 19.4 Å². The highest BCUT2D eigenvalue weighted by Crippen LogP contribution is 2.32. The molecule has 2 aromatic carbocycles. The number of aromatic nitrogens is 5. The summed E-state index contributed by atoms with van der Waals surface area (Å²) in [5.41, 5.74) is 9.57. The summed E-state index contributed by atoms with van der Waals surface area (Å²) < 4.78 is 7.64. The molecule has 3 N–H and O–H groups in total. The Balaban J connectivity index is 1.14. The van der Waals surface area contributed by atoms with E-state index in [9.17, 15) is 14.7 Å². The fourth-order valence-electron chi connectivity index (χ4n) is 4.70. The van der Waals surface area contributed by atoms with E-state index in [0.717, 1.165) is 22.2 Å². The van der Waals surface area contributed by atoms with Crippen LogP contribution in [0.5, 0.6) is 5.75 Å². The smallest absolute Gasteiger partial charge is 0.355 e. The zero-order valence-corrected chi connectivity index (χ0v) is 21.5. The van der Waals surface area contributed by atoms with Crippen LogP contribution in [-0.4, -0.2) is 54.9 Å². The number of rotatable bonds is 8. The van der Waals surface area contributed by atoms with Crippen molar-refractivity contribution < 1.29 is 19.4 Å². The molecule has 0 aliphatic carbocycles. The Morgan fingerprint density at radius 3 is 2.77 bits per heavy atom. The Morgan fingerprint density at radius 2 is 1.97 bits per heavy atom. The van der Waals surface area contributed by atoms with E-state index >= 15 is 0 Å². The Hall–Kier alpha value is -4.84. The third-order valence-electron chi connectivity index (χ3n) is 6.61. The normalized spacial score (nSPS) is 12.9. The third-order valence-corrected chi connectivity index (χ3v) is 7.78. The molecule has 1 aliphatic heterocycles. The lowest BCUT2D eigenvalue weighted by atomic mass is 9.95. The van der Waals surface area contributed by atoms with Crippen LogP contribution in [0.15, 0.2) is 61.2 Å². The summed E-state index contributed by atoms with van der Waals surface area (Å²) >= 11 is 1.33. The lowest BCUT2D eigenvalue weighted by Crippen LogP contribution is -2.32. The number of nitrogens with zero attached hydrogens (tertiary/aromatic N) is 6. The van der Waals surface area contributed by atoms with Crippen molar-refractivity contribution in [1.82, 2.24) is 24.7 Å². The number of amides is 1. The predicted molar refractivity (Wildman–Crippen MR) is 145 cm³/mol. The van der Waals surface area contributed by atoms with Crippen LogP contribution in [0.25, 0.3) is 16.7 Å². The van der Waals surface area contributed by atoms with Crippen molar-refractivity contribution in [3.63, 3.8) is 0 Å². The van der Waals surface area contributed by atoms with E-state index in [1.54, 1.807) is 23.1 Å². The SMILES string of the molecule is NC(=O)c1cccc2c1CN(c1nc(C(=O)O)c(CCOc3ccc(-n4ncc5cncnc54)cc3)s1)CC2. The number of benzene rings is 2. The summed E-state index contributed by atoms with van der Waals surface area (Å²) in [5, 5.41) is 15.6. The number of carboxylic acids is 1. The minimum absolute atomic E-state index is 0.0236. The minimum Gasteiger partial charge on any atom is -0.493 e. The molecule has 12 heteroatoms. The molecule has 39 heavy (non-hydrogen) atoms. The summed E-state index contributed by atoms with van der Waals surface area (Å²) in [6.45, 7) is 1.40. The van der Waals surface area contributed by atoms with Crippen LogP contribution in [0.2, 0.25) is 0 Å². The second kappa shape index (κ2) is 10.1. The van der Waals surface area contributed by atoms with Crippen molar-refractivity contribution in [2.24, 2.45) is 5.73 Å². The van der Waals surface area contributed by atoms with E-state index in [1.807, 2.05) is 41.3 Å². The molecule has 6 rings (SSSR count). The van der Waals surface area contributed by atoms with E-state index in [-0.39, 0.29) is 12.3 Å². The highest BCUT2D eigenvalue weighted by atomic mass is 32.1. The van der Waals surface area contributed by atoms with Gasteiger partial charge in [-0.2, -0.15) is 5.10 Å². The second-order valence-electron chi connectivity index (χ2n) is 9.00. The average Bonchev–Trinajstić information content (AvgIpc) is 3.58. The van der Waals surface area contributed by atoms with Crippen LogP contribution in [-0.2, 0) is 19.4 Å². The Kier molecular flexibility index (Phi) is 6.37. The molecule has 0 saturated carbocycles. The summed E-state index contributed by atoms with van der Waals surface area (Å²) in [6.07, 6.45) is 6.01. The van der Waals surface area contributed by atoms with Gasteiger partial charge in [0.05, 0.1) is 23.9 Å². The number of thiazole rings is 1. The van der Waals surface area contributed by atoms with Gasteiger partial charge >= 0.3 is 5.97 Å². The van der Waals surface area contributed by atoms with Gasteiger partial charge in [-0.3, -0.25) is 4.79 Å². The summed E-state index contributed by atoms with van der Waals surface area (Å²) in [4.78, 5) is 39.2. The summed E-state index contributed by atoms with van der Waals surface area (Å²) in [6, 6.07) is 13.0. The summed E-state index contributed by atoms with van der Waals surface area (Å²) in [7, 11) is 0. The fraction of sp³-hybridized carbons (Fsp3) is 0.185. The Bertz CT molecular complexity index is 1700. The van der Waals surface area contributed by atoms with Gasteiger partial charge in [-0.1, -0.05) is 12.1 Å². The van der Waals surface area contributed by atoms with Crippen molar-refractivity contribution in [1.29, 1.82) is 0 Å². The van der Waals surface area contributed by atoms with E-state index in [4.69, 9.17) is 10.5 Å². The number of carbonyl (C=O) groups is 2. The van der Waals surface area contributed by atoms with Crippen molar-refractivity contribution in [2.75, 3.05) is 18.1 Å². The third kappa shape index (κ3) is 4.77. The molecular formula is C27H23N7O4S. The lowest BCUT2D eigenvalue weighted by molar-refractivity contribution is 0.0690. The van der Waals surface area contributed by atoms with Gasteiger partial charge in [-0.25, -0.2) is 24.4 Å². The average molecular weight is 542 g/mol. The van der Waals surface area contributed by atoms with Crippen LogP contribution < -0.4 is 15.4 Å². The highest BCUT2D eigenvalue weighted by molar-refractivity contribution is 7.15. The van der Waals surface area contributed by atoms with Crippen molar-refractivity contribution in [3.8, 4) is 11.4 Å². The largest absolute Gasteiger partial charge is 0.493 e. The van der Waals surface area contributed by atoms with Gasteiger partial charge in [0.15, 0.2) is 16.5 Å². The van der Waals surface area contributed by atoms with Crippen LogP contribution >= 0.6 is 11.3 Å². The molecule has 4 heterocycles. The van der Waals surface area contributed by atoms with Gasteiger partial charge in [0, 0.05) is 36.1 Å². The van der Waals surface area contributed by atoms with Crippen LogP contribution in [0.4, 0.5) is 5.13 Å². The maximum atomic E-state index is 11.9. The van der Waals surface area contributed by atoms with Gasteiger partial charge in [-0.15, -0.1) is 11.3 Å². The molecule has 1 aliphatic rings. The van der Waals surface area contributed by atoms with Gasteiger partial charge in [0.2, 0.25) is 5.91 Å². The van der Waals surface area contributed by atoms with Gasteiger partial charge in [0.1, 0.15) is 12.1 Å². The van der Waals surface area contributed by atoms with E-state index in [2.05, 4.69) is 20.1 Å². The number of ether oxygens (including phenoxy) is 1. The standard InChI is InChI=1S/C27H23N7O4S/c28-24(35)20-3-1-2-16-8-10-33(14-21(16)20)27-32-23(26(36)37)22(39-27)9-11-38-19-6-4-18(5-7-19)34-25-17(13-31-34)12-29-15-30-25/h1-7,12-13,15H,8-11,14H2,(H2,28,35)(H,36,37). The molecule has 0 radical (unpaired) electrons. The van der Waals surface area contributed by atoms with Crippen molar-refractivity contribution >= 4 is 39.4 Å². The Labute approximate surface area is 226 Å². The molecule has 0 spiro atoms. The van der Waals surface area contributed by atoms with Crippen molar-refractivity contribution in [3.05, 3.63) is 88.4 Å². The molecule has 0 bridgehead atoms. The molecule has 0 unspecified atom stereocenters. The number of hydrogen-bond donors (Lipinski definition) is 2. The maximum Gasteiger partial charge on any atom is 0.355 e. The Morgan fingerprint density at radius 1 is 1.13 bits per heavy atom. The van der Waals surface area contributed by atoms with Crippen LogP contribution in [0.3, 0.4) is 0 Å². The fourth-order valence-corrected chi connectivity index (χ4v) is 5.75. The number of aromatic carboxylic acids is 1. The first-order chi connectivity index (χ1) is 19.0. The van der Waals surface area contributed by atoms with E-state index in [1.165, 1.54) is 17.7 Å². The predicted octanol–water partition coefficient (Wildman–Crippen LogP) is 3.25. The number of nitrogens with two attached hydrogens (primary N) is 1. The van der Waals surface area contributed by atoms with Gasteiger partial charge in [0.25, 0.3) is 0 Å². The monoisotopic (exact) mass is 541 g/mol. The first-order valence-electron chi connectivity index (χ1n) is 12.2. The first-order valence-corrected chi connectivity index (χ1v) is 13.0. The molecule has 11 nitrogen and oxygen atoms in total. The quantitative estimate of drug-likeness (QED) is 0.302. The molecule has 5 aromatic rings. The van der Waals surface area contributed by atoms with E-state index in [0.29, 0.717) is 52.9 Å². The van der Waals surface area contributed by atoms with Gasteiger partial charge < -0.3 is 20.5 Å². The minimum atomic E-state index is -1.08. The number of primary amides is 1. The van der Waals surface area contributed by atoms with E-state index < -0.39 is 11.9 Å². The molecule has 0 fully saturated rings. The zero-order chi connectivity index (χ0) is 26.9.